The van der Waals surface area contributed by atoms with Gasteiger partial charge >= 0.3 is 5.69 Å². The number of anilines is 1. The van der Waals surface area contributed by atoms with E-state index < -0.39 is 4.92 Å². The van der Waals surface area contributed by atoms with Crippen molar-refractivity contribution in [2.75, 3.05) is 5.73 Å². The average molecular weight is 193 g/mol. The number of nitrogens with two attached hydrogens (primary N) is 1. The van der Waals surface area contributed by atoms with Crippen molar-refractivity contribution in [3.05, 3.63) is 22.4 Å². The highest BCUT2D eigenvalue weighted by atomic mass is 16.6. The smallest absolute Gasteiger partial charge is 0.311 e. The van der Waals surface area contributed by atoms with Crippen LogP contribution in [0.3, 0.4) is 0 Å². The first-order valence-electron chi connectivity index (χ1n) is 3.82. The number of pyridine rings is 1. The Hall–Kier alpha value is -2.18. The second-order valence-corrected chi connectivity index (χ2v) is 2.87. The zero-order valence-corrected chi connectivity index (χ0v) is 7.34. The second-order valence-electron chi connectivity index (χ2n) is 2.87. The molecule has 14 heavy (non-hydrogen) atoms. The first-order valence-corrected chi connectivity index (χ1v) is 3.82. The standard InChI is InChI=1S/C7H7N5O2/c1-11-3-4-2-5(12(13)14)6(8)9-7(4)10-11/h2-3H,1H3,(H2,8,9,10). The number of fused-ring (bicyclic) bond motifs is 1. The van der Waals surface area contributed by atoms with Gasteiger partial charge in [0.05, 0.1) is 4.92 Å². The maximum absolute atomic E-state index is 10.5. The van der Waals surface area contributed by atoms with Gasteiger partial charge in [0, 0.05) is 24.7 Å². The molecule has 0 unspecified atom stereocenters. The van der Waals surface area contributed by atoms with Crippen LogP contribution in [0.25, 0.3) is 11.0 Å². The normalized spacial score (nSPS) is 10.6. The number of hydrogen-bond donors (Lipinski definition) is 1. The van der Waals surface area contributed by atoms with Crippen LogP contribution in [-0.2, 0) is 7.05 Å². The zero-order chi connectivity index (χ0) is 10.3. The number of aromatic nitrogens is 3. The lowest BCUT2D eigenvalue weighted by molar-refractivity contribution is -0.384. The quantitative estimate of drug-likeness (QED) is 0.523. The van der Waals surface area contributed by atoms with Crippen molar-refractivity contribution in [1.29, 1.82) is 0 Å². The third-order valence-corrected chi connectivity index (χ3v) is 1.81. The Kier molecular flexibility index (Phi) is 1.60. The molecule has 0 saturated heterocycles. The predicted octanol–water partition coefficient (Wildman–Crippen LogP) is 0.459. The van der Waals surface area contributed by atoms with E-state index in [9.17, 15) is 10.1 Å². The van der Waals surface area contributed by atoms with Crippen molar-refractivity contribution >= 4 is 22.5 Å². The largest absolute Gasteiger partial charge is 0.378 e. The van der Waals surface area contributed by atoms with Crippen LogP contribution in [0.4, 0.5) is 11.5 Å². The lowest BCUT2D eigenvalue weighted by Gasteiger charge is -1.94. The molecule has 2 rings (SSSR count). The van der Waals surface area contributed by atoms with Gasteiger partial charge in [-0.05, 0) is 0 Å². The van der Waals surface area contributed by atoms with Gasteiger partial charge in [0.25, 0.3) is 0 Å². The molecule has 0 aliphatic rings. The first-order chi connectivity index (χ1) is 6.58. The summed E-state index contributed by atoms with van der Waals surface area (Å²) in [6.07, 6.45) is 1.65. The highest BCUT2D eigenvalue weighted by Gasteiger charge is 2.15. The summed E-state index contributed by atoms with van der Waals surface area (Å²) in [6.45, 7) is 0. The van der Waals surface area contributed by atoms with Gasteiger partial charge in [0.2, 0.25) is 5.82 Å². The minimum absolute atomic E-state index is 0.110. The number of aryl methyl sites for hydroxylation is 1. The van der Waals surface area contributed by atoms with E-state index in [1.54, 1.807) is 13.2 Å². The molecule has 0 radical (unpaired) electrons. The van der Waals surface area contributed by atoms with E-state index in [0.29, 0.717) is 11.0 Å². The summed E-state index contributed by atoms with van der Waals surface area (Å²) in [5.74, 6) is -0.110. The van der Waals surface area contributed by atoms with Gasteiger partial charge in [-0.15, -0.1) is 0 Å². The van der Waals surface area contributed by atoms with Crippen molar-refractivity contribution in [2.45, 2.75) is 0 Å². The third-order valence-electron chi connectivity index (χ3n) is 1.81. The molecule has 2 N–H and O–H groups in total. The molecule has 0 spiro atoms. The van der Waals surface area contributed by atoms with Crippen LogP contribution in [0.2, 0.25) is 0 Å². The molecule has 0 atom stereocenters. The highest BCUT2D eigenvalue weighted by Crippen LogP contribution is 2.23. The van der Waals surface area contributed by atoms with E-state index in [0.717, 1.165) is 0 Å². The molecule has 0 aliphatic carbocycles. The molecule has 0 amide bonds. The monoisotopic (exact) mass is 193 g/mol. The summed E-state index contributed by atoms with van der Waals surface area (Å²) in [7, 11) is 1.71. The molecular formula is C7H7N5O2. The van der Waals surface area contributed by atoms with Crippen molar-refractivity contribution in [2.24, 2.45) is 7.05 Å². The van der Waals surface area contributed by atoms with E-state index in [1.165, 1.54) is 10.7 Å². The Morgan fingerprint density at radius 3 is 3.00 bits per heavy atom. The SMILES string of the molecule is Cn1cc2cc([N+](=O)[O-])c(N)nc2n1. The van der Waals surface area contributed by atoms with E-state index in [2.05, 4.69) is 10.1 Å². The first kappa shape index (κ1) is 8.42. The summed E-state index contributed by atoms with van der Waals surface area (Å²) in [6, 6.07) is 1.37. The molecule has 2 heterocycles. The molecule has 7 nitrogen and oxygen atoms in total. The summed E-state index contributed by atoms with van der Waals surface area (Å²) in [5, 5.41) is 15.1. The predicted molar refractivity (Wildman–Crippen MR) is 49.6 cm³/mol. The molecule has 0 fully saturated rings. The number of nitro groups is 1. The molecule has 0 aliphatic heterocycles. The summed E-state index contributed by atoms with van der Waals surface area (Å²) in [4.78, 5) is 13.8. The number of nitrogens with zero attached hydrogens (tertiary/aromatic N) is 4. The summed E-state index contributed by atoms with van der Waals surface area (Å²) in [5.41, 5.74) is 5.62. The lowest BCUT2D eigenvalue weighted by Crippen LogP contribution is -1.98. The van der Waals surface area contributed by atoms with Gasteiger partial charge in [-0.2, -0.15) is 5.10 Å². The van der Waals surface area contributed by atoms with Crippen molar-refractivity contribution in [1.82, 2.24) is 14.8 Å². The van der Waals surface area contributed by atoms with Gasteiger partial charge in [-0.3, -0.25) is 14.8 Å². The van der Waals surface area contributed by atoms with E-state index in [4.69, 9.17) is 5.73 Å². The molecule has 2 aromatic heterocycles. The molecule has 7 heteroatoms. The summed E-state index contributed by atoms with van der Waals surface area (Å²) < 4.78 is 1.53. The third kappa shape index (κ3) is 1.15. The minimum atomic E-state index is -0.561. The number of hydrogen-bond acceptors (Lipinski definition) is 5. The second kappa shape index (κ2) is 2.66. The van der Waals surface area contributed by atoms with Crippen LogP contribution in [0.1, 0.15) is 0 Å². The van der Waals surface area contributed by atoms with E-state index >= 15 is 0 Å². The van der Waals surface area contributed by atoms with Crippen LogP contribution >= 0.6 is 0 Å². The van der Waals surface area contributed by atoms with Gasteiger partial charge in [0.15, 0.2) is 5.65 Å². The maximum Gasteiger partial charge on any atom is 0.311 e. The topological polar surface area (TPSA) is 99.9 Å². The van der Waals surface area contributed by atoms with Gasteiger partial charge in [-0.25, -0.2) is 4.98 Å². The van der Waals surface area contributed by atoms with E-state index in [1.807, 2.05) is 0 Å². The summed E-state index contributed by atoms with van der Waals surface area (Å²) >= 11 is 0. The van der Waals surface area contributed by atoms with Crippen molar-refractivity contribution in [3.63, 3.8) is 0 Å². The van der Waals surface area contributed by atoms with Crippen LogP contribution in [-0.4, -0.2) is 19.7 Å². The Balaban J connectivity index is 2.76. The Morgan fingerprint density at radius 1 is 1.64 bits per heavy atom. The fourth-order valence-corrected chi connectivity index (χ4v) is 1.22. The lowest BCUT2D eigenvalue weighted by atomic mass is 10.3. The maximum atomic E-state index is 10.5. The fraction of sp³-hybridized carbons (Fsp3) is 0.143. The molecular weight excluding hydrogens is 186 g/mol. The van der Waals surface area contributed by atoms with Crippen LogP contribution < -0.4 is 5.73 Å². The van der Waals surface area contributed by atoms with Gasteiger partial charge in [0.1, 0.15) is 0 Å². The highest BCUT2D eigenvalue weighted by molar-refractivity contribution is 5.80. The Morgan fingerprint density at radius 2 is 2.36 bits per heavy atom. The number of nitrogen functional groups attached to an aromatic ring is 1. The van der Waals surface area contributed by atoms with Gasteiger partial charge in [-0.1, -0.05) is 0 Å². The van der Waals surface area contributed by atoms with Gasteiger partial charge < -0.3 is 5.73 Å². The fourth-order valence-electron chi connectivity index (χ4n) is 1.22. The van der Waals surface area contributed by atoms with Crippen LogP contribution in [0.15, 0.2) is 12.3 Å². The Labute approximate surface area is 78.3 Å². The zero-order valence-electron chi connectivity index (χ0n) is 7.34. The van der Waals surface area contributed by atoms with Crippen LogP contribution in [0.5, 0.6) is 0 Å². The molecule has 0 bridgehead atoms. The molecule has 0 saturated carbocycles. The van der Waals surface area contributed by atoms with Crippen molar-refractivity contribution in [3.8, 4) is 0 Å². The average Bonchev–Trinajstić information content (AvgIpc) is 2.42. The van der Waals surface area contributed by atoms with E-state index in [-0.39, 0.29) is 11.5 Å². The minimum Gasteiger partial charge on any atom is -0.378 e. The molecule has 0 aromatic carbocycles. The van der Waals surface area contributed by atoms with Crippen LogP contribution in [0, 0.1) is 10.1 Å². The molecule has 72 valence electrons. The van der Waals surface area contributed by atoms with Crippen molar-refractivity contribution < 1.29 is 4.92 Å². The Bertz CT molecular complexity index is 518. The molecule has 2 aromatic rings. The number of rotatable bonds is 1.